The highest BCUT2D eigenvalue weighted by Crippen LogP contribution is 2.57. The molecule has 3 saturated heterocycles. The number of benzene rings is 1. The minimum absolute atomic E-state index is 0.131. The third kappa shape index (κ3) is 4.54. The van der Waals surface area contributed by atoms with Crippen molar-refractivity contribution in [3.63, 3.8) is 0 Å². The molecule has 15 nitrogen and oxygen atoms in total. The normalized spacial score (nSPS) is 26.3. The van der Waals surface area contributed by atoms with Crippen molar-refractivity contribution in [2.75, 3.05) is 18.6 Å². The van der Waals surface area contributed by atoms with Gasteiger partial charge in [0.1, 0.15) is 30.8 Å². The van der Waals surface area contributed by atoms with Gasteiger partial charge in [-0.15, -0.1) is 23.1 Å². The molecule has 1 aromatic heterocycles. The highest BCUT2D eigenvalue weighted by Gasteiger charge is 2.76. The lowest BCUT2D eigenvalue weighted by Gasteiger charge is -2.57. The summed E-state index contributed by atoms with van der Waals surface area (Å²) in [5, 5.41) is 18.2. The monoisotopic (exact) mass is 604 g/mol. The minimum Gasteiger partial charge on any atom is -0.456 e. The van der Waals surface area contributed by atoms with Gasteiger partial charge in [0.25, 0.3) is 23.2 Å². The molecule has 5 rings (SSSR count). The average Bonchev–Trinajstić information content (AvgIpc) is 3.46. The van der Waals surface area contributed by atoms with Gasteiger partial charge in [0.05, 0.1) is 16.3 Å². The van der Waals surface area contributed by atoms with Crippen molar-refractivity contribution in [1.82, 2.24) is 15.2 Å². The van der Waals surface area contributed by atoms with Crippen LogP contribution in [0.25, 0.3) is 0 Å². The summed E-state index contributed by atoms with van der Waals surface area (Å²) in [4.78, 5) is 73.6. The number of thiazole rings is 1. The Labute approximate surface area is 240 Å². The number of anilines is 1. The van der Waals surface area contributed by atoms with Gasteiger partial charge in [-0.25, -0.2) is 9.78 Å². The maximum Gasteiger partial charge on any atom is 0.373 e. The number of rotatable bonds is 8. The Kier molecular flexibility index (Phi) is 7.10. The van der Waals surface area contributed by atoms with Gasteiger partial charge in [-0.05, 0) is 31.5 Å². The molecule has 2 amide bonds. The van der Waals surface area contributed by atoms with E-state index in [1.165, 1.54) is 48.5 Å². The number of non-ortho nitro benzene ring substituents is 1. The molecule has 2 aromatic rings. The fraction of sp³-hybridized carbons (Fsp3) is 0.417. The fourth-order valence-electron chi connectivity index (χ4n) is 4.98. The molecule has 4 heterocycles. The number of nitrogens with two attached hydrogens (primary N) is 1. The number of amides is 2. The Hall–Kier alpha value is -4.25. The van der Waals surface area contributed by atoms with Crippen LogP contribution in [0.1, 0.15) is 25.1 Å². The topological polar surface area (TPSA) is 206 Å². The number of β-lactam (4-membered cyclic amide) rings is 1. The molecular weight excluding hydrogens is 580 g/mol. The van der Waals surface area contributed by atoms with E-state index < -0.39 is 57.1 Å². The molecule has 0 aliphatic carbocycles. The van der Waals surface area contributed by atoms with E-state index in [0.29, 0.717) is 5.56 Å². The van der Waals surface area contributed by atoms with Crippen LogP contribution in [-0.2, 0) is 40.1 Å². The molecule has 17 heteroatoms. The Balaban J connectivity index is 1.38. The van der Waals surface area contributed by atoms with Crippen LogP contribution in [0.5, 0.6) is 0 Å². The number of aromatic nitrogens is 1. The van der Waals surface area contributed by atoms with Crippen LogP contribution < -0.4 is 11.1 Å². The summed E-state index contributed by atoms with van der Waals surface area (Å²) in [6.45, 7) is 2.97. The number of thioether (sulfide) groups is 1. The van der Waals surface area contributed by atoms with Gasteiger partial charge in [0.15, 0.2) is 10.8 Å². The second kappa shape index (κ2) is 10.3. The molecule has 4 atom stereocenters. The molecule has 2 unspecified atom stereocenters. The number of carbonyl (C=O) groups excluding carboxylic acids is 4. The molecular formula is C24H24N6O9S2. The second-order valence-electron chi connectivity index (χ2n) is 9.94. The number of ether oxygens (including phenoxy) is 2. The van der Waals surface area contributed by atoms with Gasteiger partial charge in [-0.3, -0.25) is 29.4 Å². The van der Waals surface area contributed by atoms with E-state index >= 15 is 0 Å². The summed E-state index contributed by atoms with van der Waals surface area (Å²) in [6, 6.07) is 4.32. The first-order chi connectivity index (χ1) is 19.4. The Morgan fingerprint density at radius 1 is 1.32 bits per heavy atom. The third-order valence-corrected chi connectivity index (χ3v) is 9.24. The first kappa shape index (κ1) is 28.3. The van der Waals surface area contributed by atoms with E-state index in [0.717, 1.165) is 16.2 Å². The number of nitro benzene ring substituents is 1. The van der Waals surface area contributed by atoms with Crippen LogP contribution in [0.2, 0.25) is 0 Å². The molecule has 1 aromatic carbocycles. The number of hydrogen-bond acceptors (Lipinski definition) is 14. The molecule has 3 aliphatic heterocycles. The number of carbonyl (C=O) groups is 4. The smallest absolute Gasteiger partial charge is 0.373 e. The maximum absolute atomic E-state index is 13.7. The van der Waals surface area contributed by atoms with Gasteiger partial charge < -0.3 is 25.4 Å². The summed E-state index contributed by atoms with van der Waals surface area (Å²) < 4.78 is 11.2. The van der Waals surface area contributed by atoms with Crippen molar-refractivity contribution in [3.05, 3.63) is 51.0 Å². The van der Waals surface area contributed by atoms with Crippen molar-refractivity contribution in [2.24, 2.45) is 16.5 Å². The zero-order chi connectivity index (χ0) is 29.7. The number of fused-ring (bicyclic) bond motifs is 3. The molecule has 0 spiro atoms. The summed E-state index contributed by atoms with van der Waals surface area (Å²) in [5.41, 5.74) is 2.78. The average molecular weight is 605 g/mol. The van der Waals surface area contributed by atoms with Gasteiger partial charge >= 0.3 is 11.9 Å². The Morgan fingerprint density at radius 2 is 2.02 bits per heavy atom. The lowest BCUT2D eigenvalue weighted by molar-refractivity contribution is -0.384. The van der Waals surface area contributed by atoms with Crippen molar-refractivity contribution < 1.29 is 38.4 Å². The van der Waals surface area contributed by atoms with Crippen molar-refractivity contribution in [2.45, 2.75) is 37.6 Å². The molecule has 3 fully saturated rings. The quantitative estimate of drug-likeness (QED) is 0.142. The van der Waals surface area contributed by atoms with Crippen molar-refractivity contribution in [1.29, 1.82) is 0 Å². The largest absolute Gasteiger partial charge is 0.456 e. The summed E-state index contributed by atoms with van der Waals surface area (Å²) >= 11 is 2.38. The van der Waals surface area contributed by atoms with Crippen LogP contribution in [0, 0.1) is 21.4 Å². The standard InChI is InChI=1S/C24H24N6O9S2/c1-23(2)14-10-40-19-16(27-17(31)15(28-37-3)13-9-41-22(25)26-13)18(32)29(19)24(14,39-20(23)33)21(34)38-8-11-4-6-12(7-5-11)30(35)36/h4-7,9,14,16,19H,8,10H2,1-3H3,(H2,25,26)(H,27,31)/b28-15-/t14?,16-,19-,24?/m1/s1. The van der Waals surface area contributed by atoms with Crippen molar-refractivity contribution >= 4 is 63.4 Å². The van der Waals surface area contributed by atoms with Gasteiger partial charge in [0.2, 0.25) is 0 Å². The van der Waals surface area contributed by atoms with E-state index in [4.69, 9.17) is 20.0 Å². The summed E-state index contributed by atoms with van der Waals surface area (Å²) in [6.07, 6.45) is 0. The van der Waals surface area contributed by atoms with Gasteiger partial charge in [0, 0.05) is 23.3 Å². The van der Waals surface area contributed by atoms with Crippen LogP contribution in [-0.4, -0.2) is 74.3 Å². The van der Waals surface area contributed by atoms with Crippen LogP contribution >= 0.6 is 23.1 Å². The van der Waals surface area contributed by atoms with Gasteiger partial charge in [-0.1, -0.05) is 5.16 Å². The summed E-state index contributed by atoms with van der Waals surface area (Å²) in [5.74, 6) is -3.55. The molecule has 0 radical (unpaired) electrons. The van der Waals surface area contributed by atoms with E-state index in [1.807, 2.05) is 0 Å². The SMILES string of the molecule is CO/N=C(\C(=O)N[C@@H]1C(=O)N2[C@@H]1SCC1C(C)(C)C(=O)OC12C(=O)OCc1ccc([N+](=O)[O-])cc1)c1csc(N)n1. The molecule has 216 valence electrons. The fourth-order valence-corrected chi connectivity index (χ4v) is 7.35. The van der Waals surface area contributed by atoms with Crippen LogP contribution in [0.3, 0.4) is 0 Å². The van der Waals surface area contributed by atoms with Crippen LogP contribution in [0.4, 0.5) is 10.8 Å². The predicted octanol–water partition coefficient (Wildman–Crippen LogP) is 1.02. The number of nitrogen functional groups attached to an aromatic ring is 1. The molecule has 41 heavy (non-hydrogen) atoms. The highest BCUT2D eigenvalue weighted by atomic mass is 32.2. The predicted molar refractivity (Wildman–Crippen MR) is 144 cm³/mol. The zero-order valence-electron chi connectivity index (χ0n) is 21.9. The zero-order valence-corrected chi connectivity index (χ0v) is 23.5. The number of nitrogens with one attached hydrogen (secondary N) is 1. The first-order valence-corrected chi connectivity index (χ1v) is 14.1. The maximum atomic E-state index is 13.7. The number of nitrogens with zero attached hydrogens (tertiary/aromatic N) is 4. The number of esters is 2. The lowest BCUT2D eigenvalue weighted by Crippen LogP contribution is -2.81. The first-order valence-electron chi connectivity index (χ1n) is 12.1. The summed E-state index contributed by atoms with van der Waals surface area (Å²) in [7, 11) is 1.25. The highest BCUT2D eigenvalue weighted by molar-refractivity contribution is 8.00. The number of oxime groups is 1. The molecule has 3 aliphatic rings. The van der Waals surface area contributed by atoms with E-state index in [9.17, 15) is 29.3 Å². The van der Waals surface area contributed by atoms with Crippen molar-refractivity contribution in [3.8, 4) is 0 Å². The second-order valence-corrected chi connectivity index (χ2v) is 12.0. The Bertz CT molecular complexity index is 1480. The van der Waals surface area contributed by atoms with Gasteiger partial charge in [-0.2, -0.15) is 0 Å². The van der Waals surface area contributed by atoms with E-state index in [-0.39, 0.29) is 34.6 Å². The Morgan fingerprint density at radius 3 is 2.63 bits per heavy atom. The molecule has 3 N–H and O–H groups in total. The molecule has 0 bridgehead atoms. The van der Waals surface area contributed by atoms with Crippen LogP contribution in [0.15, 0.2) is 34.8 Å². The minimum atomic E-state index is -2.05. The molecule has 0 saturated carbocycles. The lowest BCUT2D eigenvalue weighted by atomic mass is 9.74. The number of nitro groups is 1. The number of hydrogen-bond donors (Lipinski definition) is 2. The third-order valence-electron chi connectivity index (χ3n) is 7.21. The van der Waals surface area contributed by atoms with E-state index in [2.05, 4.69) is 15.5 Å². The van der Waals surface area contributed by atoms with E-state index in [1.54, 1.807) is 13.8 Å².